The van der Waals surface area contributed by atoms with E-state index >= 15 is 0 Å². The predicted octanol–water partition coefficient (Wildman–Crippen LogP) is 3.42. The monoisotopic (exact) mass is 341 g/mol. The minimum atomic E-state index is -0.887. The molecule has 0 aliphatic carbocycles. The predicted molar refractivity (Wildman–Crippen MR) is 96.8 cm³/mol. The standard InChI is InChI=1S/C20H23NO4/c1-13-9-10-14(2)17(11-13)21-20(23)15(3)25-19(22)12-16-7-5-6-8-18(16)24-4/h5-11,15H,12H2,1-4H3,(H,21,23)/t15-/m1/s1. The van der Waals surface area contributed by atoms with Crippen molar-refractivity contribution in [2.24, 2.45) is 0 Å². The van der Waals surface area contributed by atoms with Gasteiger partial charge >= 0.3 is 5.97 Å². The second-order valence-corrected chi connectivity index (χ2v) is 5.93. The smallest absolute Gasteiger partial charge is 0.311 e. The number of para-hydroxylation sites is 1. The Kier molecular flexibility index (Phi) is 6.17. The summed E-state index contributed by atoms with van der Waals surface area (Å²) in [4.78, 5) is 24.4. The average molecular weight is 341 g/mol. The molecule has 1 amide bonds. The molecule has 0 bridgehead atoms. The minimum Gasteiger partial charge on any atom is -0.496 e. The fourth-order valence-electron chi connectivity index (χ4n) is 2.40. The van der Waals surface area contributed by atoms with E-state index in [0.717, 1.165) is 22.4 Å². The third-order valence-electron chi connectivity index (χ3n) is 3.86. The van der Waals surface area contributed by atoms with Crippen LogP contribution >= 0.6 is 0 Å². The van der Waals surface area contributed by atoms with Crippen molar-refractivity contribution < 1.29 is 19.1 Å². The van der Waals surface area contributed by atoms with Crippen molar-refractivity contribution >= 4 is 17.6 Å². The second kappa shape index (κ2) is 8.33. The van der Waals surface area contributed by atoms with Gasteiger partial charge in [-0.25, -0.2) is 0 Å². The van der Waals surface area contributed by atoms with E-state index in [1.54, 1.807) is 26.2 Å². The molecule has 0 saturated heterocycles. The Labute approximate surface area is 148 Å². The molecule has 5 heteroatoms. The van der Waals surface area contributed by atoms with Gasteiger partial charge in [0.1, 0.15) is 5.75 Å². The van der Waals surface area contributed by atoms with Gasteiger partial charge < -0.3 is 14.8 Å². The molecule has 25 heavy (non-hydrogen) atoms. The normalized spacial score (nSPS) is 11.5. The number of methoxy groups -OCH3 is 1. The lowest BCUT2D eigenvalue weighted by atomic mass is 10.1. The van der Waals surface area contributed by atoms with E-state index in [1.165, 1.54) is 0 Å². The molecule has 0 radical (unpaired) electrons. The van der Waals surface area contributed by atoms with Gasteiger partial charge in [-0.15, -0.1) is 0 Å². The number of hydrogen-bond donors (Lipinski definition) is 1. The summed E-state index contributed by atoms with van der Waals surface area (Å²) in [6, 6.07) is 13.0. The maximum absolute atomic E-state index is 12.3. The SMILES string of the molecule is COc1ccccc1CC(=O)O[C@H](C)C(=O)Nc1cc(C)ccc1C. The van der Waals surface area contributed by atoms with Crippen LogP contribution in [0.25, 0.3) is 0 Å². The van der Waals surface area contributed by atoms with E-state index in [1.807, 2.05) is 44.2 Å². The van der Waals surface area contributed by atoms with Gasteiger partial charge in [-0.05, 0) is 44.0 Å². The fraction of sp³-hybridized carbons (Fsp3) is 0.300. The number of aryl methyl sites for hydroxylation is 2. The van der Waals surface area contributed by atoms with Crippen LogP contribution in [0.1, 0.15) is 23.6 Å². The molecule has 2 aromatic rings. The second-order valence-electron chi connectivity index (χ2n) is 5.93. The van der Waals surface area contributed by atoms with Crippen LogP contribution in [0, 0.1) is 13.8 Å². The molecule has 0 fully saturated rings. The van der Waals surface area contributed by atoms with Crippen LogP contribution in [0.3, 0.4) is 0 Å². The molecule has 0 aliphatic rings. The van der Waals surface area contributed by atoms with Gasteiger partial charge in [-0.1, -0.05) is 30.3 Å². The zero-order valence-corrected chi connectivity index (χ0v) is 15.0. The van der Waals surface area contributed by atoms with Gasteiger partial charge in [-0.3, -0.25) is 9.59 Å². The summed E-state index contributed by atoms with van der Waals surface area (Å²) in [5, 5.41) is 2.80. The molecule has 132 valence electrons. The molecule has 0 unspecified atom stereocenters. The lowest BCUT2D eigenvalue weighted by Gasteiger charge is -2.15. The summed E-state index contributed by atoms with van der Waals surface area (Å²) in [6.45, 7) is 5.42. The molecule has 0 aliphatic heterocycles. The highest BCUT2D eigenvalue weighted by molar-refractivity contribution is 5.95. The largest absolute Gasteiger partial charge is 0.496 e. The summed E-state index contributed by atoms with van der Waals surface area (Å²) in [5.41, 5.74) is 3.43. The number of carbonyl (C=O) groups excluding carboxylic acids is 2. The Morgan fingerprint density at radius 2 is 1.84 bits per heavy atom. The first-order valence-electron chi connectivity index (χ1n) is 8.10. The molecule has 1 N–H and O–H groups in total. The number of rotatable bonds is 6. The van der Waals surface area contributed by atoms with Crippen molar-refractivity contribution in [2.45, 2.75) is 33.3 Å². The molecule has 5 nitrogen and oxygen atoms in total. The van der Waals surface area contributed by atoms with Crippen LogP contribution in [-0.2, 0) is 20.7 Å². The van der Waals surface area contributed by atoms with Crippen LogP contribution in [-0.4, -0.2) is 25.1 Å². The quantitative estimate of drug-likeness (QED) is 0.818. The highest BCUT2D eigenvalue weighted by Gasteiger charge is 2.19. The van der Waals surface area contributed by atoms with Gasteiger partial charge in [0.2, 0.25) is 0 Å². The minimum absolute atomic E-state index is 0.0467. The van der Waals surface area contributed by atoms with E-state index in [4.69, 9.17) is 9.47 Å². The van der Waals surface area contributed by atoms with Crippen LogP contribution in [0.4, 0.5) is 5.69 Å². The molecule has 0 heterocycles. The first-order chi connectivity index (χ1) is 11.9. The van der Waals surface area contributed by atoms with E-state index in [2.05, 4.69) is 5.32 Å². The number of nitrogens with one attached hydrogen (secondary N) is 1. The number of benzene rings is 2. The highest BCUT2D eigenvalue weighted by atomic mass is 16.5. The number of anilines is 1. The number of carbonyl (C=O) groups is 2. The van der Waals surface area contributed by atoms with Crippen molar-refractivity contribution in [3.05, 3.63) is 59.2 Å². The third-order valence-corrected chi connectivity index (χ3v) is 3.86. The van der Waals surface area contributed by atoms with E-state index < -0.39 is 12.1 Å². The molecule has 0 aromatic heterocycles. The summed E-state index contributed by atoms with van der Waals surface area (Å²) in [6.07, 6.45) is -0.840. The molecular formula is C20H23NO4. The summed E-state index contributed by atoms with van der Waals surface area (Å²) < 4.78 is 10.5. The molecule has 2 rings (SSSR count). The molecule has 0 spiro atoms. The van der Waals surface area contributed by atoms with Gasteiger partial charge in [0.25, 0.3) is 5.91 Å². The van der Waals surface area contributed by atoms with Crippen LogP contribution in [0.5, 0.6) is 5.75 Å². The van der Waals surface area contributed by atoms with Crippen molar-refractivity contribution in [1.29, 1.82) is 0 Å². The van der Waals surface area contributed by atoms with Gasteiger partial charge in [-0.2, -0.15) is 0 Å². The first-order valence-corrected chi connectivity index (χ1v) is 8.10. The Balaban J connectivity index is 1.96. The summed E-state index contributed by atoms with van der Waals surface area (Å²) >= 11 is 0. The maximum atomic E-state index is 12.3. The molecular weight excluding hydrogens is 318 g/mol. The van der Waals surface area contributed by atoms with Gasteiger partial charge in [0.15, 0.2) is 6.10 Å². The Bertz CT molecular complexity index is 770. The van der Waals surface area contributed by atoms with Crippen molar-refractivity contribution in [3.8, 4) is 5.75 Å². The zero-order chi connectivity index (χ0) is 18.4. The van der Waals surface area contributed by atoms with Crippen molar-refractivity contribution in [2.75, 3.05) is 12.4 Å². The number of ether oxygens (including phenoxy) is 2. The van der Waals surface area contributed by atoms with Crippen LogP contribution in [0.15, 0.2) is 42.5 Å². The van der Waals surface area contributed by atoms with Crippen molar-refractivity contribution in [1.82, 2.24) is 0 Å². The number of amides is 1. The Hall–Kier alpha value is -2.82. The van der Waals surface area contributed by atoms with E-state index in [0.29, 0.717) is 5.75 Å². The maximum Gasteiger partial charge on any atom is 0.311 e. The third kappa shape index (κ3) is 5.08. The van der Waals surface area contributed by atoms with Crippen LogP contribution < -0.4 is 10.1 Å². The average Bonchev–Trinajstić information content (AvgIpc) is 2.58. The number of esters is 1. The van der Waals surface area contributed by atoms with E-state index in [9.17, 15) is 9.59 Å². The highest BCUT2D eigenvalue weighted by Crippen LogP contribution is 2.19. The van der Waals surface area contributed by atoms with Crippen molar-refractivity contribution in [3.63, 3.8) is 0 Å². The van der Waals surface area contributed by atoms with E-state index in [-0.39, 0.29) is 12.3 Å². The summed E-state index contributed by atoms with van der Waals surface area (Å²) in [5.74, 6) is -0.220. The fourth-order valence-corrected chi connectivity index (χ4v) is 2.40. The van der Waals surface area contributed by atoms with Gasteiger partial charge in [0.05, 0.1) is 13.5 Å². The zero-order valence-electron chi connectivity index (χ0n) is 15.0. The topological polar surface area (TPSA) is 64.6 Å². The first kappa shape index (κ1) is 18.5. The summed E-state index contributed by atoms with van der Waals surface area (Å²) in [7, 11) is 1.55. The Morgan fingerprint density at radius 1 is 1.12 bits per heavy atom. The Morgan fingerprint density at radius 3 is 2.56 bits per heavy atom. The van der Waals surface area contributed by atoms with Crippen LogP contribution in [0.2, 0.25) is 0 Å². The lowest BCUT2D eigenvalue weighted by molar-refractivity contribution is -0.152. The molecule has 0 saturated carbocycles. The molecule has 1 atom stereocenters. The number of hydrogen-bond acceptors (Lipinski definition) is 4. The lowest BCUT2D eigenvalue weighted by Crippen LogP contribution is -2.30. The van der Waals surface area contributed by atoms with Gasteiger partial charge in [0, 0.05) is 11.3 Å². The molecule has 2 aromatic carbocycles.